The van der Waals surface area contributed by atoms with Crippen LogP contribution >= 0.6 is 15.9 Å². The number of hydrogen-bond acceptors (Lipinski definition) is 0. The minimum atomic E-state index is 0.518. The summed E-state index contributed by atoms with van der Waals surface area (Å²) in [4.78, 5) is 0. The molecule has 0 fully saturated rings. The van der Waals surface area contributed by atoms with Crippen LogP contribution in [0, 0.1) is 6.92 Å². The van der Waals surface area contributed by atoms with Gasteiger partial charge in [-0.15, -0.1) is 0 Å². The number of alkyl halides is 1. The molecule has 1 atom stereocenters. The van der Waals surface area contributed by atoms with Crippen LogP contribution in [0.2, 0.25) is 0 Å². The van der Waals surface area contributed by atoms with Crippen LogP contribution in [0.3, 0.4) is 0 Å². The molecule has 0 unspecified atom stereocenters. The van der Waals surface area contributed by atoms with Crippen LogP contribution in [-0.4, -0.2) is 5.33 Å². The molecule has 0 nitrogen and oxygen atoms in total. The Morgan fingerprint density at radius 2 is 1.61 bits per heavy atom. The molecular weight excluding hydrogens is 284 g/mol. The zero-order chi connectivity index (χ0) is 12.8. The average Bonchev–Trinajstić information content (AvgIpc) is 2.42. The zero-order valence-corrected chi connectivity index (χ0v) is 12.4. The van der Waals surface area contributed by atoms with E-state index in [1.807, 2.05) is 0 Å². The van der Waals surface area contributed by atoms with Gasteiger partial charge in [0.05, 0.1) is 0 Å². The molecule has 18 heavy (non-hydrogen) atoms. The first kappa shape index (κ1) is 13.4. The van der Waals surface area contributed by atoms with Gasteiger partial charge in [0.15, 0.2) is 0 Å². The molecule has 0 aliphatic heterocycles. The largest absolute Gasteiger partial charge is 0.0928 e. The Balaban J connectivity index is 2.34. The second-order valence-electron chi connectivity index (χ2n) is 4.65. The highest BCUT2D eigenvalue weighted by atomic mass is 79.9. The van der Waals surface area contributed by atoms with E-state index in [-0.39, 0.29) is 0 Å². The summed E-state index contributed by atoms with van der Waals surface area (Å²) in [6.07, 6.45) is 2.40. The fraction of sp³-hybridized carbons (Fsp3) is 0.294. The lowest BCUT2D eigenvalue weighted by atomic mass is 9.85. The van der Waals surface area contributed by atoms with Crippen LogP contribution in [0.1, 0.15) is 35.4 Å². The summed E-state index contributed by atoms with van der Waals surface area (Å²) in [5, 5.41) is 1.07. The van der Waals surface area contributed by atoms with E-state index in [1.165, 1.54) is 29.5 Å². The molecule has 0 N–H and O–H groups in total. The Kier molecular flexibility index (Phi) is 5.00. The molecule has 2 aromatic rings. The fourth-order valence-electron chi connectivity index (χ4n) is 2.45. The average molecular weight is 303 g/mol. The van der Waals surface area contributed by atoms with E-state index in [2.05, 4.69) is 77.5 Å². The van der Waals surface area contributed by atoms with Crippen LogP contribution in [-0.2, 0) is 0 Å². The van der Waals surface area contributed by atoms with Crippen LogP contribution in [0.15, 0.2) is 54.6 Å². The highest BCUT2D eigenvalue weighted by Gasteiger charge is 2.14. The first-order valence-corrected chi connectivity index (χ1v) is 7.61. The van der Waals surface area contributed by atoms with Gasteiger partial charge in [-0.05, 0) is 36.5 Å². The van der Waals surface area contributed by atoms with Crippen LogP contribution in [0.5, 0.6) is 0 Å². The topological polar surface area (TPSA) is 0 Å². The molecule has 2 rings (SSSR count). The van der Waals surface area contributed by atoms with Crippen LogP contribution < -0.4 is 0 Å². The second-order valence-corrected chi connectivity index (χ2v) is 5.44. The van der Waals surface area contributed by atoms with E-state index in [4.69, 9.17) is 0 Å². The lowest BCUT2D eigenvalue weighted by Crippen LogP contribution is -2.03. The van der Waals surface area contributed by atoms with Crippen molar-refractivity contribution in [1.29, 1.82) is 0 Å². The van der Waals surface area contributed by atoms with E-state index in [1.54, 1.807) is 0 Å². The van der Waals surface area contributed by atoms with Crippen molar-refractivity contribution in [1.82, 2.24) is 0 Å². The SMILES string of the molecule is Cc1ccccc1[C@@H](CCCBr)c1ccccc1. The summed E-state index contributed by atoms with van der Waals surface area (Å²) in [6.45, 7) is 2.21. The highest BCUT2D eigenvalue weighted by Crippen LogP contribution is 2.31. The van der Waals surface area contributed by atoms with Crippen molar-refractivity contribution in [2.24, 2.45) is 0 Å². The zero-order valence-electron chi connectivity index (χ0n) is 10.8. The quantitative estimate of drug-likeness (QED) is 0.657. The Morgan fingerprint density at radius 3 is 2.28 bits per heavy atom. The molecule has 0 bridgehead atoms. The van der Waals surface area contributed by atoms with Gasteiger partial charge < -0.3 is 0 Å². The molecule has 0 aliphatic rings. The lowest BCUT2D eigenvalue weighted by molar-refractivity contribution is 0.701. The molecule has 0 aliphatic carbocycles. The molecule has 0 aromatic heterocycles. The maximum absolute atomic E-state index is 3.54. The molecule has 0 saturated heterocycles. The smallest absolute Gasteiger partial charge is 0.00922 e. The third-order valence-electron chi connectivity index (χ3n) is 3.39. The fourth-order valence-corrected chi connectivity index (χ4v) is 2.77. The number of benzene rings is 2. The molecule has 0 spiro atoms. The van der Waals surface area contributed by atoms with Crippen molar-refractivity contribution in [3.63, 3.8) is 0 Å². The number of halogens is 1. The maximum atomic E-state index is 3.54. The van der Waals surface area contributed by atoms with Crippen molar-refractivity contribution < 1.29 is 0 Å². The molecule has 2 aromatic carbocycles. The van der Waals surface area contributed by atoms with Gasteiger partial charge in [0.25, 0.3) is 0 Å². The summed E-state index contributed by atoms with van der Waals surface area (Å²) in [5.41, 5.74) is 4.28. The summed E-state index contributed by atoms with van der Waals surface area (Å²) in [5.74, 6) is 0.518. The molecule has 0 saturated carbocycles. The number of aryl methyl sites for hydroxylation is 1. The standard InChI is InChI=1S/C17H19Br/c1-14-8-5-6-11-16(14)17(12-7-13-18)15-9-3-2-4-10-15/h2-6,8-11,17H,7,12-13H2,1H3/t17-/m0/s1. The van der Waals surface area contributed by atoms with Crippen molar-refractivity contribution in [3.8, 4) is 0 Å². The van der Waals surface area contributed by atoms with Gasteiger partial charge >= 0.3 is 0 Å². The van der Waals surface area contributed by atoms with Crippen molar-refractivity contribution in [3.05, 3.63) is 71.3 Å². The number of hydrogen-bond donors (Lipinski definition) is 0. The third kappa shape index (κ3) is 3.23. The van der Waals surface area contributed by atoms with Gasteiger partial charge in [-0.3, -0.25) is 0 Å². The Morgan fingerprint density at radius 1 is 0.944 bits per heavy atom. The summed E-state index contributed by atoms with van der Waals surface area (Å²) in [7, 11) is 0. The molecule has 0 heterocycles. The predicted octanol–water partition coefficient (Wildman–Crippen LogP) is 5.30. The normalized spacial score (nSPS) is 12.3. The molecule has 1 heteroatoms. The Bertz CT molecular complexity index is 476. The van der Waals surface area contributed by atoms with Gasteiger partial charge in [0.1, 0.15) is 0 Å². The third-order valence-corrected chi connectivity index (χ3v) is 3.95. The molecule has 0 amide bonds. The van der Waals surface area contributed by atoms with E-state index < -0.39 is 0 Å². The van der Waals surface area contributed by atoms with E-state index in [9.17, 15) is 0 Å². The van der Waals surface area contributed by atoms with Gasteiger partial charge in [0.2, 0.25) is 0 Å². The lowest BCUT2D eigenvalue weighted by Gasteiger charge is -2.19. The minimum Gasteiger partial charge on any atom is -0.0928 e. The van der Waals surface area contributed by atoms with Crippen molar-refractivity contribution in [2.75, 3.05) is 5.33 Å². The van der Waals surface area contributed by atoms with Gasteiger partial charge in [-0.1, -0.05) is 70.5 Å². The van der Waals surface area contributed by atoms with Crippen molar-refractivity contribution in [2.45, 2.75) is 25.7 Å². The van der Waals surface area contributed by atoms with Gasteiger partial charge in [-0.2, -0.15) is 0 Å². The Hall–Kier alpha value is -1.08. The number of rotatable bonds is 5. The molecular formula is C17H19Br. The summed E-state index contributed by atoms with van der Waals surface area (Å²) in [6, 6.07) is 19.6. The first-order chi connectivity index (χ1) is 8.83. The van der Waals surface area contributed by atoms with Crippen LogP contribution in [0.4, 0.5) is 0 Å². The predicted molar refractivity (Wildman–Crippen MR) is 82.5 cm³/mol. The first-order valence-electron chi connectivity index (χ1n) is 6.49. The highest BCUT2D eigenvalue weighted by molar-refractivity contribution is 9.09. The molecule has 0 radical (unpaired) electrons. The Labute approximate surface area is 118 Å². The van der Waals surface area contributed by atoms with Crippen LogP contribution in [0.25, 0.3) is 0 Å². The minimum absolute atomic E-state index is 0.518. The summed E-state index contributed by atoms with van der Waals surface area (Å²) >= 11 is 3.54. The molecule has 94 valence electrons. The second kappa shape index (κ2) is 6.75. The van der Waals surface area contributed by atoms with Crippen molar-refractivity contribution >= 4 is 15.9 Å². The van der Waals surface area contributed by atoms with E-state index >= 15 is 0 Å². The van der Waals surface area contributed by atoms with Gasteiger partial charge in [0, 0.05) is 11.2 Å². The maximum Gasteiger partial charge on any atom is 0.00922 e. The van der Waals surface area contributed by atoms with Gasteiger partial charge in [-0.25, -0.2) is 0 Å². The monoisotopic (exact) mass is 302 g/mol. The summed E-state index contributed by atoms with van der Waals surface area (Å²) < 4.78 is 0. The van der Waals surface area contributed by atoms with E-state index in [0.29, 0.717) is 5.92 Å². The van der Waals surface area contributed by atoms with E-state index in [0.717, 1.165) is 5.33 Å².